The fourth-order valence-corrected chi connectivity index (χ4v) is 5.86. The highest BCUT2D eigenvalue weighted by molar-refractivity contribution is 7.89. The van der Waals surface area contributed by atoms with Crippen molar-refractivity contribution in [2.75, 3.05) is 13.1 Å². The van der Waals surface area contributed by atoms with Crippen LogP contribution in [-0.2, 0) is 16.6 Å². The van der Waals surface area contributed by atoms with E-state index in [1.165, 1.54) is 22.5 Å². The molecule has 2 aliphatic heterocycles. The fourth-order valence-electron chi connectivity index (χ4n) is 4.28. The highest BCUT2D eigenvalue weighted by Gasteiger charge is 2.39. The molecule has 0 spiro atoms. The standard InChI is InChI=1S/C18H17N3O5S/c22-17-3-1-2-15-12-6-11(9-21(15)17)8-20(10-12)27(24,25)13-4-5-14-16(7-13)26-18(23)19-14/h1-5,7,11-12H,6,8-10H2,(H,19,23). The third kappa shape index (κ3) is 2.57. The summed E-state index contributed by atoms with van der Waals surface area (Å²) in [5, 5.41) is 0. The minimum atomic E-state index is -3.73. The van der Waals surface area contributed by atoms with Gasteiger partial charge in [-0.3, -0.25) is 9.78 Å². The van der Waals surface area contributed by atoms with E-state index in [0.717, 1.165) is 12.1 Å². The maximum absolute atomic E-state index is 13.2. The molecule has 27 heavy (non-hydrogen) atoms. The smallest absolute Gasteiger partial charge is 0.408 e. The normalized spacial score (nSPS) is 22.7. The molecule has 4 heterocycles. The number of nitrogens with zero attached hydrogens (tertiary/aromatic N) is 2. The van der Waals surface area contributed by atoms with E-state index in [1.54, 1.807) is 16.7 Å². The second kappa shape index (κ2) is 5.67. The Bertz CT molecular complexity index is 1270. The molecule has 0 amide bonds. The molecule has 1 saturated heterocycles. The van der Waals surface area contributed by atoms with Gasteiger partial charge in [-0.1, -0.05) is 6.07 Å². The second-order valence-electron chi connectivity index (χ2n) is 7.19. The lowest BCUT2D eigenvalue weighted by molar-refractivity contribution is 0.186. The Balaban J connectivity index is 1.53. The van der Waals surface area contributed by atoms with Gasteiger partial charge >= 0.3 is 5.76 Å². The van der Waals surface area contributed by atoms with Gasteiger partial charge in [0.05, 0.1) is 10.4 Å². The molecule has 8 nitrogen and oxygen atoms in total. The SMILES string of the molecule is O=c1[nH]c2ccc(S(=O)(=O)N3CC4CC(C3)c3cccc(=O)n3C4)cc2o1. The van der Waals surface area contributed by atoms with Crippen LogP contribution in [-0.4, -0.2) is 35.4 Å². The number of piperidine rings is 1. The number of pyridine rings is 1. The van der Waals surface area contributed by atoms with Crippen molar-refractivity contribution in [3.8, 4) is 0 Å². The summed E-state index contributed by atoms with van der Waals surface area (Å²) in [4.78, 5) is 26.0. The number of rotatable bonds is 2. The number of hydrogen-bond donors (Lipinski definition) is 1. The molecule has 1 N–H and O–H groups in total. The van der Waals surface area contributed by atoms with Crippen molar-refractivity contribution in [1.29, 1.82) is 0 Å². The monoisotopic (exact) mass is 387 g/mol. The summed E-state index contributed by atoms with van der Waals surface area (Å²) in [6.07, 6.45) is 0.876. The van der Waals surface area contributed by atoms with Crippen LogP contribution in [0, 0.1) is 5.92 Å². The largest absolute Gasteiger partial charge is 0.417 e. The lowest BCUT2D eigenvalue weighted by atomic mass is 9.84. The van der Waals surface area contributed by atoms with Gasteiger partial charge in [-0.05, 0) is 30.5 Å². The average molecular weight is 387 g/mol. The maximum Gasteiger partial charge on any atom is 0.417 e. The number of nitrogens with one attached hydrogen (secondary N) is 1. The van der Waals surface area contributed by atoms with Gasteiger partial charge < -0.3 is 8.98 Å². The van der Waals surface area contributed by atoms with E-state index in [2.05, 4.69) is 4.98 Å². The summed E-state index contributed by atoms with van der Waals surface area (Å²) >= 11 is 0. The predicted molar refractivity (Wildman–Crippen MR) is 97.1 cm³/mol. The van der Waals surface area contributed by atoms with Gasteiger partial charge in [-0.2, -0.15) is 4.31 Å². The molecule has 0 radical (unpaired) electrons. The van der Waals surface area contributed by atoms with Crippen molar-refractivity contribution in [2.24, 2.45) is 5.92 Å². The van der Waals surface area contributed by atoms with Crippen LogP contribution in [0.15, 0.2) is 55.3 Å². The summed E-state index contributed by atoms with van der Waals surface area (Å²) in [6, 6.07) is 9.56. The van der Waals surface area contributed by atoms with Crippen LogP contribution in [0.25, 0.3) is 11.1 Å². The Morgan fingerprint density at radius 2 is 1.93 bits per heavy atom. The summed E-state index contributed by atoms with van der Waals surface area (Å²) < 4.78 is 34.6. The minimum absolute atomic E-state index is 0.00454. The number of sulfonamides is 1. The van der Waals surface area contributed by atoms with E-state index in [-0.39, 0.29) is 27.9 Å². The molecular weight excluding hydrogens is 370 g/mol. The number of benzene rings is 1. The molecule has 1 fully saturated rings. The Morgan fingerprint density at radius 1 is 1.07 bits per heavy atom. The first-order valence-electron chi connectivity index (χ1n) is 8.74. The first-order valence-corrected chi connectivity index (χ1v) is 10.2. The first-order chi connectivity index (χ1) is 12.9. The van der Waals surface area contributed by atoms with E-state index in [9.17, 15) is 18.0 Å². The van der Waals surface area contributed by atoms with E-state index >= 15 is 0 Å². The van der Waals surface area contributed by atoms with Gasteiger partial charge in [0.25, 0.3) is 5.56 Å². The topological polar surface area (TPSA) is 105 Å². The molecule has 9 heteroatoms. The third-order valence-corrected chi connectivity index (χ3v) is 7.30. The van der Waals surface area contributed by atoms with E-state index in [0.29, 0.717) is 25.2 Å². The van der Waals surface area contributed by atoms with Gasteiger partial charge in [0.2, 0.25) is 10.0 Å². The lowest BCUT2D eigenvalue weighted by Gasteiger charge is -2.42. The van der Waals surface area contributed by atoms with Gasteiger partial charge in [-0.15, -0.1) is 0 Å². The van der Waals surface area contributed by atoms with E-state index < -0.39 is 15.8 Å². The van der Waals surface area contributed by atoms with Crippen molar-refractivity contribution in [1.82, 2.24) is 13.9 Å². The van der Waals surface area contributed by atoms with Crippen LogP contribution in [0.4, 0.5) is 0 Å². The predicted octanol–water partition coefficient (Wildman–Crippen LogP) is 1.09. The van der Waals surface area contributed by atoms with Crippen LogP contribution in [0.1, 0.15) is 18.0 Å². The molecule has 5 rings (SSSR count). The summed E-state index contributed by atoms with van der Waals surface area (Å²) in [5.41, 5.74) is 1.54. The third-order valence-electron chi connectivity index (χ3n) is 5.48. The maximum atomic E-state index is 13.2. The number of H-pyrrole nitrogens is 1. The fraction of sp³-hybridized carbons (Fsp3) is 0.333. The molecule has 2 unspecified atom stereocenters. The van der Waals surface area contributed by atoms with E-state index in [1.807, 2.05) is 6.07 Å². The van der Waals surface area contributed by atoms with Crippen LogP contribution in [0.3, 0.4) is 0 Å². The van der Waals surface area contributed by atoms with Crippen LogP contribution in [0.5, 0.6) is 0 Å². The molecule has 0 aliphatic carbocycles. The molecule has 140 valence electrons. The highest BCUT2D eigenvalue weighted by atomic mass is 32.2. The van der Waals surface area contributed by atoms with Crippen LogP contribution >= 0.6 is 0 Å². The zero-order valence-corrected chi connectivity index (χ0v) is 15.1. The average Bonchev–Trinajstić information content (AvgIpc) is 3.01. The number of oxazole rings is 1. The molecule has 2 aliphatic rings. The molecule has 2 atom stereocenters. The zero-order chi connectivity index (χ0) is 18.8. The second-order valence-corrected chi connectivity index (χ2v) is 9.13. The summed E-state index contributed by atoms with van der Waals surface area (Å²) in [6.45, 7) is 1.23. The molecule has 3 aromatic rings. The van der Waals surface area contributed by atoms with Crippen molar-refractivity contribution in [2.45, 2.75) is 23.8 Å². The quantitative estimate of drug-likeness (QED) is 0.709. The summed E-state index contributed by atoms with van der Waals surface area (Å²) in [5.74, 6) is -0.524. The van der Waals surface area contributed by atoms with E-state index in [4.69, 9.17) is 4.42 Å². The Hall–Kier alpha value is -2.65. The van der Waals surface area contributed by atoms with Crippen molar-refractivity contribution < 1.29 is 12.8 Å². The minimum Gasteiger partial charge on any atom is -0.408 e. The number of fused-ring (bicyclic) bond motifs is 5. The van der Waals surface area contributed by atoms with Gasteiger partial charge in [0.15, 0.2) is 5.58 Å². The highest BCUT2D eigenvalue weighted by Crippen LogP contribution is 2.37. The van der Waals surface area contributed by atoms with Crippen molar-refractivity contribution in [3.63, 3.8) is 0 Å². The summed E-state index contributed by atoms with van der Waals surface area (Å²) in [7, 11) is -3.73. The first kappa shape index (κ1) is 16.5. The van der Waals surface area contributed by atoms with Gasteiger partial charge in [0, 0.05) is 43.4 Å². The number of aromatic nitrogens is 2. The van der Waals surface area contributed by atoms with Gasteiger partial charge in [0.1, 0.15) is 0 Å². The number of aromatic amines is 1. The van der Waals surface area contributed by atoms with Crippen LogP contribution in [0.2, 0.25) is 0 Å². The number of hydrogen-bond acceptors (Lipinski definition) is 5. The molecule has 1 aromatic carbocycles. The Kier molecular flexibility index (Phi) is 3.47. The van der Waals surface area contributed by atoms with Crippen LogP contribution < -0.4 is 11.3 Å². The molecule has 2 bridgehead atoms. The molecule has 0 saturated carbocycles. The Labute approximate surface area is 154 Å². The molecule has 2 aromatic heterocycles. The zero-order valence-electron chi connectivity index (χ0n) is 14.3. The lowest BCUT2D eigenvalue weighted by Crippen LogP contribution is -2.48. The van der Waals surface area contributed by atoms with Crippen molar-refractivity contribution in [3.05, 3.63) is 63.0 Å². The van der Waals surface area contributed by atoms with Crippen molar-refractivity contribution >= 4 is 21.1 Å². The Morgan fingerprint density at radius 3 is 2.78 bits per heavy atom. The molecular formula is C18H17N3O5S. The van der Waals surface area contributed by atoms with Gasteiger partial charge in [-0.25, -0.2) is 13.2 Å².